The summed E-state index contributed by atoms with van der Waals surface area (Å²) in [4.78, 5) is 26.4. The third-order valence-corrected chi connectivity index (χ3v) is 1.97. The average molecular weight is 209 g/mol. The highest BCUT2D eigenvalue weighted by atomic mass is 16.7. The summed E-state index contributed by atoms with van der Waals surface area (Å²) in [5.74, 6) is 3.67. The van der Waals surface area contributed by atoms with Gasteiger partial charge in [-0.2, -0.15) is 5.90 Å². The van der Waals surface area contributed by atoms with Crippen molar-refractivity contribution in [3.8, 4) is 0 Å². The lowest BCUT2D eigenvalue weighted by atomic mass is 10.1. The van der Waals surface area contributed by atoms with E-state index in [0.717, 1.165) is 0 Å². The molecule has 0 amide bonds. The second-order valence-electron chi connectivity index (χ2n) is 2.93. The van der Waals surface area contributed by atoms with Gasteiger partial charge in [0.1, 0.15) is 0 Å². The first-order valence-electron chi connectivity index (χ1n) is 4.20. The van der Waals surface area contributed by atoms with Gasteiger partial charge in [-0.1, -0.05) is 0 Å². The van der Waals surface area contributed by atoms with E-state index in [2.05, 4.69) is 9.57 Å². The van der Waals surface area contributed by atoms with Crippen molar-refractivity contribution in [2.24, 2.45) is 5.90 Å². The monoisotopic (exact) mass is 209 g/mol. The molecule has 0 aliphatic rings. The zero-order chi connectivity index (χ0) is 11.4. The molecule has 1 rings (SSSR count). The molecule has 0 fully saturated rings. The van der Waals surface area contributed by atoms with Crippen molar-refractivity contribution < 1.29 is 19.2 Å². The Morgan fingerprint density at radius 1 is 1.27 bits per heavy atom. The Bertz CT molecular complexity index is 400. The second-order valence-corrected chi connectivity index (χ2v) is 2.93. The Labute approximate surface area is 86.7 Å². The molecule has 0 unspecified atom stereocenters. The van der Waals surface area contributed by atoms with Crippen LogP contribution in [0, 0.1) is 6.92 Å². The number of esters is 1. The number of hydrogen-bond acceptors (Lipinski definition) is 5. The predicted molar refractivity (Wildman–Crippen MR) is 52.1 cm³/mol. The maximum atomic E-state index is 11.2. The van der Waals surface area contributed by atoms with Gasteiger partial charge in [-0.3, -0.25) is 0 Å². The van der Waals surface area contributed by atoms with E-state index in [1.807, 2.05) is 0 Å². The maximum Gasteiger partial charge on any atom is 0.356 e. The van der Waals surface area contributed by atoms with Crippen LogP contribution in [0.3, 0.4) is 0 Å². The minimum absolute atomic E-state index is 0.324. The summed E-state index contributed by atoms with van der Waals surface area (Å²) in [5.41, 5.74) is 1.31. The quantitative estimate of drug-likeness (QED) is 0.576. The molecule has 2 N–H and O–H groups in total. The largest absolute Gasteiger partial charge is 0.465 e. The van der Waals surface area contributed by atoms with Gasteiger partial charge >= 0.3 is 11.9 Å². The zero-order valence-electron chi connectivity index (χ0n) is 8.44. The summed E-state index contributed by atoms with van der Waals surface area (Å²) in [6.45, 7) is 1.68. The summed E-state index contributed by atoms with van der Waals surface area (Å²) in [7, 11) is 1.29. The van der Waals surface area contributed by atoms with E-state index in [4.69, 9.17) is 5.90 Å². The molecule has 5 nitrogen and oxygen atoms in total. The standard InChI is InChI=1S/C10H11NO4/c1-6-5-7(9(12)14-2)3-4-8(6)10(13)15-11/h3-5H,11H2,1-2H3. The summed E-state index contributed by atoms with van der Waals surface area (Å²) in [6.07, 6.45) is 0. The van der Waals surface area contributed by atoms with E-state index in [9.17, 15) is 9.59 Å². The topological polar surface area (TPSA) is 78.6 Å². The van der Waals surface area contributed by atoms with Gasteiger partial charge in [0.15, 0.2) is 0 Å². The Kier molecular flexibility index (Phi) is 3.41. The van der Waals surface area contributed by atoms with Crippen molar-refractivity contribution in [1.82, 2.24) is 0 Å². The fourth-order valence-electron chi connectivity index (χ4n) is 1.20. The molecule has 0 aliphatic carbocycles. The minimum Gasteiger partial charge on any atom is -0.465 e. The van der Waals surface area contributed by atoms with Crippen LogP contribution in [0.4, 0.5) is 0 Å². The molecular formula is C10H11NO4. The van der Waals surface area contributed by atoms with Crippen LogP contribution >= 0.6 is 0 Å². The van der Waals surface area contributed by atoms with Crippen molar-refractivity contribution >= 4 is 11.9 Å². The van der Waals surface area contributed by atoms with Crippen molar-refractivity contribution in [1.29, 1.82) is 0 Å². The van der Waals surface area contributed by atoms with Crippen molar-refractivity contribution in [3.05, 3.63) is 34.9 Å². The highest BCUT2D eigenvalue weighted by Crippen LogP contribution is 2.12. The predicted octanol–water partition coefficient (Wildman–Crippen LogP) is 0.812. The number of methoxy groups -OCH3 is 1. The summed E-state index contributed by atoms with van der Waals surface area (Å²) in [5, 5.41) is 0. The van der Waals surface area contributed by atoms with Gasteiger partial charge in [-0.05, 0) is 30.7 Å². The fourth-order valence-corrected chi connectivity index (χ4v) is 1.20. The van der Waals surface area contributed by atoms with Gasteiger partial charge in [0.2, 0.25) is 0 Å². The Balaban J connectivity index is 3.08. The van der Waals surface area contributed by atoms with E-state index < -0.39 is 11.9 Å². The number of aryl methyl sites for hydroxylation is 1. The molecule has 1 aromatic rings. The van der Waals surface area contributed by atoms with Crippen LogP contribution in [0.1, 0.15) is 26.3 Å². The maximum absolute atomic E-state index is 11.2. The minimum atomic E-state index is -0.635. The fraction of sp³-hybridized carbons (Fsp3) is 0.200. The van der Waals surface area contributed by atoms with Gasteiger partial charge in [-0.25, -0.2) is 9.59 Å². The molecule has 0 saturated heterocycles. The number of rotatable bonds is 2. The lowest BCUT2D eigenvalue weighted by molar-refractivity contribution is 0.0500. The van der Waals surface area contributed by atoms with Gasteiger partial charge in [0, 0.05) is 0 Å². The normalized spacial score (nSPS) is 9.53. The number of benzene rings is 1. The van der Waals surface area contributed by atoms with Gasteiger partial charge < -0.3 is 9.57 Å². The van der Waals surface area contributed by atoms with E-state index in [0.29, 0.717) is 16.7 Å². The summed E-state index contributed by atoms with van der Waals surface area (Å²) in [6, 6.07) is 4.49. The first-order chi connectivity index (χ1) is 7.10. The first kappa shape index (κ1) is 11.2. The molecular weight excluding hydrogens is 198 g/mol. The molecule has 0 radical (unpaired) electrons. The van der Waals surface area contributed by atoms with Crippen LogP contribution in [0.2, 0.25) is 0 Å². The molecule has 0 atom stereocenters. The zero-order valence-corrected chi connectivity index (χ0v) is 8.44. The SMILES string of the molecule is COC(=O)c1ccc(C(=O)ON)c(C)c1. The molecule has 1 aromatic carbocycles. The van der Waals surface area contributed by atoms with Crippen LogP contribution < -0.4 is 5.90 Å². The number of ether oxygens (including phenoxy) is 1. The average Bonchev–Trinajstić information content (AvgIpc) is 2.26. The molecule has 0 spiro atoms. The van der Waals surface area contributed by atoms with E-state index in [1.54, 1.807) is 6.92 Å². The number of nitrogens with two attached hydrogens (primary N) is 1. The third-order valence-electron chi connectivity index (χ3n) is 1.97. The first-order valence-corrected chi connectivity index (χ1v) is 4.20. The van der Waals surface area contributed by atoms with Crippen LogP contribution in [0.15, 0.2) is 18.2 Å². The molecule has 80 valence electrons. The van der Waals surface area contributed by atoms with Crippen molar-refractivity contribution in [2.75, 3.05) is 7.11 Å². The molecule has 0 bridgehead atoms. The molecule has 15 heavy (non-hydrogen) atoms. The number of carbonyl (C=O) groups is 2. The molecule has 0 saturated carbocycles. The van der Waals surface area contributed by atoms with Crippen LogP contribution in [-0.2, 0) is 9.57 Å². The number of hydrogen-bond donors (Lipinski definition) is 1. The molecule has 0 aromatic heterocycles. The van der Waals surface area contributed by atoms with E-state index in [-0.39, 0.29) is 0 Å². The lowest BCUT2D eigenvalue weighted by Crippen LogP contribution is -2.12. The summed E-state index contributed by atoms with van der Waals surface area (Å²) < 4.78 is 4.54. The lowest BCUT2D eigenvalue weighted by Gasteiger charge is -2.04. The third kappa shape index (κ3) is 2.32. The molecule has 5 heteroatoms. The van der Waals surface area contributed by atoms with E-state index >= 15 is 0 Å². The highest BCUT2D eigenvalue weighted by Gasteiger charge is 2.12. The summed E-state index contributed by atoms with van der Waals surface area (Å²) >= 11 is 0. The van der Waals surface area contributed by atoms with Crippen LogP contribution in [0.5, 0.6) is 0 Å². The van der Waals surface area contributed by atoms with Crippen LogP contribution in [-0.4, -0.2) is 19.0 Å². The smallest absolute Gasteiger partial charge is 0.356 e. The van der Waals surface area contributed by atoms with Gasteiger partial charge in [0.25, 0.3) is 0 Å². The Morgan fingerprint density at radius 2 is 1.93 bits per heavy atom. The molecule has 0 aliphatic heterocycles. The van der Waals surface area contributed by atoms with E-state index in [1.165, 1.54) is 25.3 Å². The highest BCUT2D eigenvalue weighted by molar-refractivity contribution is 5.94. The van der Waals surface area contributed by atoms with Gasteiger partial charge in [-0.15, -0.1) is 0 Å². The van der Waals surface area contributed by atoms with Gasteiger partial charge in [0.05, 0.1) is 18.2 Å². The molecule has 0 heterocycles. The Hall–Kier alpha value is -1.88. The Morgan fingerprint density at radius 3 is 2.40 bits per heavy atom. The van der Waals surface area contributed by atoms with Crippen molar-refractivity contribution in [2.45, 2.75) is 6.92 Å². The van der Waals surface area contributed by atoms with Crippen molar-refractivity contribution in [3.63, 3.8) is 0 Å². The second kappa shape index (κ2) is 4.56. The number of carbonyl (C=O) groups excluding carboxylic acids is 2. The van der Waals surface area contributed by atoms with Crippen LogP contribution in [0.25, 0.3) is 0 Å².